The van der Waals surface area contributed by atoms with Crippen molar-refractivity contribution in [3.8, 4) is 0 Å². The van der Waals surface area contributed by atoms with Crippen LogP contribution in [0.2, 0.25) is 0 Å². The molecule has 17 heavy (non-hydrogen) atoms. The maximum absolute atomic E-state index is 11.8. The first-order valence-corrected chi connectivity index (χ1v) is 5.73. The molecule has 0 fully saturated rings. The van der Waals surface area contributed by atoms with Crippen molar-refractivity contribution in [2.75, 3.05) is 0 Å². The van der Waals surface area contributed by atoms with E-state index in [9.17, 15) is 4.79 Å². The first kappa shape index (κ1) is 11.7. The number of nitrogens with one attached hydrogen (secondary N) is 2. The van der Waals surface area contributed by atoms with Gasteiger partial charge in [0.2, 0.25) is 0 Å². The molecule has 1 aromatic heterocycles. The number of H-pyrrole nitrogens is 1. The highest BCUT2D eigenvalue weighted by Crippen LogP contribution is 2.17. The van der Waals surface area contributed by atoms with E-state index in [0.717, 1.165) is 10.0 Å². The van der Waals surface area contributed by atoms with Gasteiger partial charge >= 0.3 is 0 Å². The van der Waals surface area contributed by atoms with Crippen molar-refractivity contribution in [2.24, 2.45) is 0 Å². The molecule has 6 nitrogen and oxygen atoms in total. The van der Waals surface area contributed by atoms with Gasteiger partial charge in [-0.15, -0.1) is 10.2 Å². The van der Waals surface area contributed by atoms with Crippen LogP contribution in [0.5, 0.6) is 0 Å². The fourth-order valence-corrected chi connectivity index (χ4v) is 1.63. The molecular formula is C10H10BrN5O. The zero-order valence-corrected chi connectivity index (χ0v) is 10.7. The normalized spacial score (nSPS) is 10.2. The van der Waals surface area contributed by atoms with Crippen LogP contribution in [0.15, 0.2) is 22.7 Å². The first-order chi connectivity index (χ1) is 8.16. The lowest BCUT2D eigenvalue weighted by Crippen LogP contribution is -2.23. The average Bonchev–Trinajstić information content (AvgIpc) is 2.82. The van der Waals surface area contributed by atoms with Crippen LogP contribution in [0.25, 0.3) is 0 Å². The molecule has 0 saturated carbocycles. The molecule has 1 aromatic carbocycles. The molecule has 0 radical (unpaired) electrons. The number of tetrazole rings is 1. The number of benzene rings is 1. The molecule has 0 aliphatic heterocycles. The highest BCUT2D eigenvalue weighted by atomic mass is 79.9. The smallest absolute Gasteiger partial charge is 0.251 e. The van der Waals surface area contributed by atoms with Gasteiger partial charge in [-0.2, -0.15) is 5.21 Å². The number of carbonyl (C=O) groups is 1. The topological polar surface area (TPSA) is 83.6 Å². The van der Waals surface area contributed by atoms with E-state index < -0.39 is 0 Å². The average molecular weight is 296 g/mol. The summed E-state index contributed by atoms with van der Waals surface area (Å²) in [6, 6.07) is 5.43. The summed E-state index contributed by atoms with van der Waals surface area (Å²) in [5.41, 5.74) is 1.67. The van der Waals surface area contributed by atoms with Gasteiger partial charge in [-0.1, -0.05) is 27.2 Å². The lowest BCUT2D eigenvalue weighted by Gasteiger charge is -2.04. The van der Waals surface area contributed by atoms with Gasteiger partial charge < -0.3 is 5.32 Å². The van der Waals surface area contributed by atoms with Crippen LogP contribution in [0.4, 0.5) is 0 Å². The molecule has 2 aromatic rings. The van der Waals surface area contributed by atoms with E-state index in [2.05, 4.69) is 41.9 Å². The number of hydrogen-bond donors (Lipinski definition) is 2. The van der Waals surface area contributed by atoms with Gasteiger partial charge in [0.25, 0.3) is 5.91 Å². The van der Waals surface area contributed by atoms with Crippen LogP contribution in [0.3, 0.4) is 0 Å². The maximum Gasteiger partial charge on any atom is 0.251 e. The minimum absolute atomic E-state index is 0.171. The summed E-state index contributed by atoms with van der Waals surface area (Å²) < 4.78 is 0.907. The van der Waals surface area contributed by atoms with Crippen molar-refractivity contribution in [1.29, 1.82) is 0 Å². The molecule has 2 N–H and O–H groups in total. The summed E-state index contributed by atoms with van der Waals surface area (Å²) in [5, 5.41) is 15.9. The van der Waals surface area contributed by atoms with E-state index in [4.69, 9.17) is 0 Å². The molecule has 0 aliphatic carbocycles. The molecule has 0 bridgehead atoms. The quantitative estimate of drug-likeness (QED) is 0.891. The first-order valence-electron chi connectivity index (χ1n) is 4.93. The molecule has 1 heterocycles. The number of aryl methyl sites for hydroxylation is 1. The van der Waals surface area contributed by atoms with E-state index in [0.29, 0.717) is 11.4 Å². The Labute approximate surface area is 106 Å². The van der Waals surface area contributed by atoms with Crippen molar-refractivity contribution >= 4 is 21.8 Å². The number of aromatic nitrogens is 4. The van der Waals surface area contributed by atoms with E-state index >= 15 is 0 Å². The Morgan fingerprint density at radius 1 is 1.53 bits per heavy atom. The van der Waals surface area contributed by atoms with E-state index in [1.807, 2.05) is 13.0 Å². The molecule has 1 amide bonds. The SMILES string of the molecule is Cc1ccc(C(=O)NCc2nn[nH]n2)cc1Br. The minimum Gasteiger partial charge on any atom is -0.345 e. The van der Waals surface area contributed by atoms with Gasteiger partial charge in [0, 0.05) is 10.0 Å². The third kappa shape index (κ3) is 2.88. The van der Waals surface area contributed by atoms with E-state index in [-0.39, 0.29) is 12.5 Å². The monoisotopic (exact) mass is 295 g/mol. The molecular weight excluding hydrogens is 286 g/mol. The van der Waals surface area contributed by atoms with E-state index in [1.54, 1.807) is 12.1 Å². The highest BCUT2D eigenvalue weighted by molar-refractivity contribution is 9.10. The third-order valence-corrected chi connectivity index (χ3v) is 3.08. The molecule has 7 heteroatoms. The number of hydrogen-bond acceptors (Lipinski definition) is 4. The van der Waals surface area contributed by atoms with Crippen LogP contribution in [-0.4, -0.2) is 26.5 Å². The van der Waals surface area contributed by atoms with Crippen molar-refractivity contribution in [3.63, 3.8) is 0 Å². The number of amides is 1. The number of aromatic amines is 1. The van der Waals surface area contributed by atoms with Crippen molar-refractivity contribution < 1.29 is 4.79 Å². The second-order valence-corrected chi connectivity index (χ2v) is 4.33. The zero-order valence-electron chi connectivity index (χ0n) is 9.07. The molecule has 2 rings (SSSR count). The Hall–Kier alpha value is -1.76. The Morgan fingerprint density at radius 3 is 3.00 bits per heavy atom. The van der Waals surface area contributed by atoms with Crippen LogP contribution in [-0.2, 0) is 6.54 Å². The molecule has 0 aliphatic rings. The Kier molecular flexibility index (Phi) is 3.48. The largest absolute Gasteiger partial charge is 0.345 e. The van der Waals surface area contributed by atoms with E-state index in [1.165, 1.54) is 0 Å². The lowest BCUT2D eigenvalue weighted by atomic mass is 10.1. The van der Waals surface area contributed by atoms with Crippen molar-refractivity contribution in [1.82, 2.24) is 25.9 Å². The number of carbonyl (C=O) groups excluding carboxylic acids is 1. The third-order valence-electron chi connectivity index (χ3n) is 2.23. The van der Waals surface area contributed by atoms with Crippen LogP contribution >= 0.6 is 15.9 Å². The minimum atomic E-state index is -0.171. The summed E-state index contributed by atoms with van der Waals surface area (Å²) in [6.07, 6.45) is 0. The van der Waals surface area contributed by atoms with Gasteiger partial charge in [-0.25, -0.2) is 0 Å². The number of nitrogens with zero attached hydrogens (tertiary/aromatic N) is 3. The predicted molar refractivity (Wildman–Crippen MR) is 64.2 cm³/mol. The summed E-state index contributed by atoms with van der Waals surface area (Å²) in [7, 11) is 0. The second kappa shape index (κ2) is 5.05. The number of halogens is 1. The standard InChI is InChI=1S/C10H10BrN5O/c1-6-2-3-7(4-8(6)11)10(17)12-5-9-13-15-16-14-9/h2-4H,5H2,1H3,(H,12,17)(H,13,14,15,16). The Balaban J connectivity index is 2.02. The molecule has 0 saturated heterocycles. The lowest BCUT2D eigenvalue weighted by molar-refractivity contribution is 0.0950. The van der Waals surface area contributed by atoms with Crippen LogP contribution in [0, 0.1) is 6.92 Å². The second-order valence-electron chi connectivity index (χ2n) is 3.47. The predicted octanol–water partition coefficient (Wildman–Crippen LogP) is 1.20. The Bertz CT molecular complexity index is 525. The van der Waals surface area contributed by atoms with Crippen molar-refractivity contribution in [3.05, 3.63) is 39.6 Å². The van der Waals surface area contributed by atoms with Crippen LogP contribution in [0.1, 0.15) is 21.7 Å². The van der Waals surface area contributed by atoms with Gasteiger partial charge in [-0.05, 0) is 24.6 Å². The summed E-state index contributed by atoms with van der Waals surface area (Å²) in [4.78, 5) is 11.8. The maximum atomic E-state index is 11.8. The zero-order chi connectivity index (χ0) is 12.3. The van der Waals surface area contributed by atoms with Gasteiger partial charge in [-0.3, -0.25) is 4.79 Å². The Morgan fingerprint density at radius 2 is 2.35 bits per heavy atom. The molecule has 88 valence electrons. The summed E-state index contributed by atoms with van der Waals surface area (Å²) in [6.45, 7) is 2.21. The highest BCUT2D eigenvalue weighted by Gasteiger charge is 2.08. The molecule has 0 spiro atoms. The summed E-state index contributed by atoms with van der Waals surface area (Å²) in [5.74, 6) is 0.278. The number of rotatable bonds is 3. The molecule has 0 atom stereocenters. The van der Waals surface area contributed by atoms with Crippen LogP contribution < -0.4 is 5.32 Å². The summed E-state index contributed by atoms with van der Waals surface area (Å²) >= 11 is 3.38. The van der Waals surface area contributed by atoms with Gasteiger partial charge in [0.15, 0.2) is 5.82 Å². The van der Waals surface area contributed by atoms with Gasteiger partial charge in [0.1, 0.15) is 0 Å². The molecule has 0 unspecified atom stereocenters. The van der Waals surface area contributed by atoms with Gasteiger partial charge in [0.05, 0.1) is 6.54 Å². The van der Waals surface area contributed by atoms with Crippen molar-refractivity contribution in [2.45, 2.75) is 13.5 Å². The fraction of sp³-hybridized carbons (Fsp3) is 0.200. The fourth-order valence-electron chi connectivity index (χ4n) is 1.25.